The Morgan fingerprint density at radius 2 is 1.86 bits per heavy atom. The third-order valence-electron chi connectivity index (χ3n) is 3.12. The number of amides is 1. The number of nitrogens with two attached hydrogens (primary N) is 1. The fourth-order valence-corrected chi connectivity index (χ4v) is 2.01. The molecule has 5 heteroatoms. The van der Waals surface area contributed by atoms with Crippen LogP contribution >= 0.6 is 0 Å². The Balaban J connectivity index is 1.96. The zero-order valence-corrected chi connectivity index (χ0v) is 11.6. The van der Waals surface area contributed by atoms with Crippen molar-refractivity contribution in [1.82, 2.24) is 5.32 Å². The van der Waals surface area contributed by atoms with Gasteiger partial charge in [0, 0.05) is 12.1 Å². The molecule has 0 aliphatic rings. The summed E-state index contributed by atoms with van der Waals surface area (Å²) in [6, 6.07) is 9.77. The molecule has 2 aromatic rings. The summed E-state index contributed by atoms with van der Waals surface area (Å²) in [5, 5.41) is 2.63. The minimum atomic E-state index is -0.932. The van der Waals surface area contributed by atoms with Crippen molar-refractivity contribution in [3.63, 3.8) is 0 Å². The molecule has 0 saturated carbocycles. The van der Waals surface area contributed by atoms with E-state index < -0.39 is 23.2 Å². The molecule has 0 fully saturated rings. The highest BCUT2D eigenvalue weighted by atomic mass is 19.1. The quantitative estimate of drug-likeness (QED) is 0.851. The number of carbonyl (C=O) groups excluding carboxylic acids is 1. The fourth-order valence-electron chi connectivity index (χ4n) is 2.01. The van der Waals surface area contributed by atoms with Gasteiger partial charge >= 0.3 is 0 Å². The van der Waals surface area contributed by atoms with Gasteiger partial charge in [-0.25, -0.2) is 8.78 Å². The number of benzene rings is 2. The number of rotatable bonds is 4. The van der Waals surface area contributed by atoms with Crippen molar-refractivity contribution in [2.75, 3.05) is 12.3 Å². The molecular formula is C16H16F2N2O. The molecule has 0 unspecified atom stereocenters. The first-order chi connectivity index (χ1) is 9.97. The maximum absolute atomic E-state index is 13.3. The van der Waals surface area contributed by atoms with Crippen LogP contribution in [0.15, 0.2) is 36.4 Å². The zero-order chi connectivity index (χ0) is 15.4. The Morgan fingerprint density at radius 3 is 2.48 bits per heavy atom. The minimum Gasteiger partial charge on any atom is -0.394 e. The minimum absolute atomic E-state index is 0.0801. The van der Waals surface area contributed by atoms with Crippen molar-refractivity contribution < 1.29 is 13.6 Å². The van der Waals surface area contributed by atoms with Crippen molar-refractivity contribution in [2.24, 2.45) is 0 Å². The first-order valence-electron chi connectivity index (χ1n) is 6.55. The summed E-state index contributed by atoms with van der Waals surface area (Å²) < 4.78 is 26.6. The number of hydrogen-bond donors (Lipinski definition) is 2. The monoisotopic (exact) mass is 290 g/mol. The third-order valence-corrected chi connectivity index (χ3v) is 3.12. The number of halogens is 2. The second-order valence-electron chi connectivity index (χ2n) is 4.85. The van der Waals surface area contributed by atoms with Crippen molar-refractivity contribution >= 4 is 11.6 Å². The molecule has 0 aromatic heterocycles. The third kappa shape index (κ3) is 3.78. The van der Waals surface area contributed by atoms with Gasteiger partial charge in [-0.2, -0.15) is 0 Å². The predicted octanol–water partition coefficient (Wildman–Crippen LogP) is 2.83. The van der Waals surface area contributed by atoms with Crippen LogP contribution in [0.3, 0.4) is 0 Å². The van der Waals surface area contributed by atoms with Crippen LogP contribution in [0.5, 0.6) is 0 Å². The number of nitrogens with one attached hydrogen (secondary N) is 1. The van der Waals surface area contributed by atoms with Gasteiger partial charge in [0.15, 0.2) is 0 Å². The molecule has 3 N–H and O–H groups in total. The van der Waals surface area contributed by atoms with Crippen molar-refractivity contribution in [3.8, 4) is 0 Å². The predicted molar refractivity (Wildman–Crippen MR) is 78.0 cm³/mol. The molecule has 1 amide bonds. The molecule has 0 radical (unpaired) electrons. The summed E-state index contributed by atoms with van der Waals surface area (Å²) in [5.74, 6) is -2.39. The van der Waals surface area contributed by atoms with E-state index in [1.54, 1.807) is 0 Å². The van der Waals surface area contributed by atoms with Crippen LogP contribution in [0, 0.1) is 18.6 Å². The summed E-state index contributed by atoms with van der Waals surface area (Å²) in [4.78, 5) is 11.8. The van der Waals surface area contributed by atoms with E-state index in [2.05, 4.69) is 5.32 Å². The lowest BCUT2D eigenvalue weighted by atomic mass is 10.1. The van der Waals surface area contributed by atoms with E-state index in [0.29, 0.717) is 13.0 Å². The highest BCUT2D eigenvalue weighted by Crippen LogP contribution is 2.17. The Hall–Kier alpha value is -2.43. The SMILES string of the molecule is Cc1cccc(CCNC(=O)c2cc(F)c(N)c(F)c2)c1. The smallest absolute Gasteiger partial charge is 0.251 e. The van der Waals surface area contributed by atoms with Crippen LogP contribution in [-0.4, -0.2) is 12.5 Å². The molecule has 21 heavy (non-hydrogen) atoms. The molecule has 2 rings (SSSR count). The maximum Gasteiger partial charge on any atom is 0.251 e. The van der Waals surface area contributed by atoms with E-state index in [1.165, 1.54) is 0 Å². The number of carbonyl (C=O) groups is 1. The molecule has 0 heterocycles. The highest BCUT2D eigenvalue weighted by molar-refractivity contribution is 5.94. The standard InChI is InChI=1S/C16H16F2N2O/c1-10-3-2-4-11(7-10)5-6-20-16(21)12-8-13(17)15(19)14(18)9-12/h2-4,7-9H,5-6,19H2,1H3,(H,20,21). The van der Waals surface area contributed by atoms with Crippen LogP contribution < -0.4 is 11.1 Å². The van der Waals surface area contributed by atoms with Crippen molar-refractivity contribution in [1.29, 1.82) is 0 Å². The molecule has 0 saturated heterocycles. The van der Waals surface area contributed by atoms with Crippen LogP contribution in [-0.2, 0) is 6.42 Å². The first kappa shape index (κ1) is 15.0. The van der Waals surface area contributed by atoms with Gasteiger partial charge in [-0.15, -0.1) is 0 Å². The lowest BCUT2D eigenvalue weighted by molar-refractivity contribution is 0.0953. The van der Waals surface area contributed by atoms with Crippen molar-refractivity contribution in [2.45, 2.75) is 13.3 Å². The summed E-state index contributed by atoms with van der Waals surface area (Å²) in [5.41, 5.74) is 6.73. The average molecular weight is 290 g/mol. The van der Waals surface area contributed by atoms with Gasteiger partial charge in [-0.05, 0) is 31.0 Å². The van der Waals surface area contributed by atoms with E-state index in [4.69, 9.17) is 5.73 Å². The molecular weight excluding hydrogens is 274 g/mol. The average Bonchev–Trinajstić information content (AvgIpc) is 2.44. The van der Waals surface area contributed by atoms with Gasteiger partial charge in [-0.1, -0.05) is 29.8 Å². The second-order valence-corrected chi connectivity index (χ2v) is 4.85. The molecule has 0 bridgehead atoms. The lowest BCUT2D eigenvalue weighted by Gasteiger charge is -2.07. The van der Waals surface area contributed by atoms with Gasteiger partial charge in [0.25, 0.3) is 5.91 Å². The van der Waals surface area contributed by atoms with Crippen LogP contribution in [0.1, 0.15) is 21.5 Å². The van der Waals surface area contributed by atoms with Gasteiger partial charge in [0.2, 0.25) is 0 Å². The normalized spacial score (nSPS) is 10.4. The van der Waals surface area contributed by atoms with Gasteiger partial charge in [-0.3, -0.25) is 4.79 Å². The summed E-state index contributed by atoms with van der Waals surface area (Å²) in [6.45, 7) is 2.37. The molecule has 110 valence electrons. The van der Waals surface area contributed by atoms with E-state index in [0.717, 1.165) is 23.3 Å². The number of nitrogen functional groups attached to an aromatic ring is 1. The number of aryl methyl sites for hydroxylation is 1. The summed E-state index contributed by atoms with van der Waals surface area (Å²) >= 11 is 0. The number of anilines is 1. The number of hydrogen-bond acceptors (Lipinski definition) is 2. The zero-order valence-electron chi connectivity index (χ0n) is 11.6. The molecule has 3 nitrogen and oxygen atoms in total. The van der Waals surface area contributed by atoms with E-state index in [9.17, 15) is 13.6 Å². The van der Waals surface area contributed by atoms with E-state index in [1.807, 2.05) is 31.2 Å². The Kier molecular flexibility index (Phi) is 4.52. The largest absolute Gasteiger partial charge is 0.394 e. The summed E-state index contributed by atoms with van der Waals surface area (Å²) in [6.07, 6.45) is 0.646. The second kappa shape index (κ2) is 6.35. The fraction of sp³-hybridized carbons (Fsp3) is 0.188. The Labute approximate surface area is 121 Å². The molecule has 0 spiro atoms. The maximum atomic E-state index is 13.3. The van der Waals surface area contributed by atoms with Crippen LogP contribution in [0.2, 0.25) is 0 Å². The van der Waals surface area contributed by atoms with Crippen LogP contribution in [0.4, 0.5) is 14.5 Å². The highest BCUT2D eigenvalue weighted by Gasteiger charge is 2.12. The van der Waals surface area contributed by atoms with Gasteiger partial charge < -0.3 is 11.1 Å². The van der Waals surface area contributed by atoms with E-state index >= 15 is 0 Å². The van der Waals surface area contributed by atoms with E-state index in [-0.39, 0.29) is 5.56 Å². The lowest BCUT2D eigenvalue weighted by Crippen LogP contribution is -2.26. The van der Waals surface area contributed by atoms with Gasteiger partial charge in [0.1, 0.15) is 17.3 Å². The Bertz CT molecular complexity index is 648. The van der Waals surface area contributed by atoms with Crippen molar-refractivity contribution in [3.05, 3.63) is 64.7 Å². The van der Waals surface area contributed by atoms with Gasteiger partial charge in [0.05, 0.1) is 0 Å². The molecule has 0 atom stereocenters. The topological polar surface area (TPSA) is 55.1 Å². The van der Waals surface area contributed by atoms with Crippen LogP contribution in [0.25, 0.3) is 0 Å². The Morgan fingerprint density at radius 1 is 1.19 bits per heavy atom. The molecule has 0 aliphatic heterocycles. The first-order valence-corrected chi connectivity index (χ1v) is 6.55. The molecule has 0 aliphatic carbocycles. The molecule has 2 aromatic carbocycles. The summed E-state index contributed by atoms with van der Waals surface area (Å²) in [7, 11) is 0.